The van der Waals surface area contributed by atoms with E-state index >= 15 is 0 Å². The van der Waals surface area contributed by atoms with Crippen LogP contribution >= 0.6 is 11.8 Å². The van der Waals surface area contributed by atoms with Crippen LogP contribution in [0, 0.1) is 0 Å². The molecule has 0 heterocycles. The van der Waals surface area contributed by atoms with Crippen LogP contribution in [0.15, 0.2) is 29.2 Å². The van der Waals surface area contributed by atoms with Crippen LogP contribution in [0.25, 0.3) is 0 Å². The fourth-order valence-electron chi connectivity index (χ4n) is 2.26. The number of hydrogen-bond acceptors (Lipinski definition) is 4. The molecule has 0 spiro atoms. The Hall–Kier alpha value is -1.20. The van der Waals surface area contributed by atoms with Crippen molar-refractivity contribution in [1.82, 2.24) is 5.32 Å². The topological polar surface area (TPSA) is 58.6 Å². The third kappa shape index (κ3) is 4.64. The zero-order chi connectivity index (χ0) is 15.3. The molecule has 5 heteroatoms. The normalized spacial score (nSPS) is 17.2. The molecule has 1 aliphatic carbocycles. The number of benzene rings is 1. The summed E-state index contributed by atoms with van der Waals surface area (Å²) in [5.41, 5.74) is -0.803. The van der Waals surface area contributed by atoms with Crippen molar-refractivity contribution in [3.8, 4) is 5.75 Å². The van der Waals surface area contributed by atoms with Crippen LogP contribution in [0.1, 0.15) is 32.6 Å². The van der Waals surface area contributed by atoms with Crippen molar-refractivity contribution >= 4 is 17.7 Å². The minimum atomic E-state index is -0.803. The fraction of sp³-hybridized carbons (Fsp3) is 0.562. The second-order valence-corrected chi connectivity index (χ2v) is 6.80. The maximum Gasteiger partial charge on any atom is 0.323 e. The van der Waals surface area contributed by atoms with Crippen molar-refractivity contribution in [3.63, 3.8) is 0 Å². The molecule has 1 aromatic rings. The number of aliphatic carboxylic acids is 1. The minimum absolute atomic E-state index is 0.396. The van der Waals surface area contributed by atoms with Crippen molar-refractivity contribution < 1.29 is 14.6 Å². The lowest BCUT2D eigenvalue weighted by molar-refractivity contribution is -0.144. The number of para-hydroxylation sites is 1. The van der Waals surface area contributed by atoms with Gasteiger partial charge in [-0.1, -0.05) is 12.1 Å². The molecule has 0 bridgehead atoms. The van der Waals surface area contributed by atoms with Gasteiger partial charge in [-0.3, -0.25) is 10.1 Å². The number of rotatable bonds is 9. The Morgan fingerprint density at radius 1 is 1.48 bits per heavy atom. The number of methoxy groups -OCH3 is 1. The van der Waals surface area contributed by atoms with Crippen LogP contribution in [-0.4, -0.2) is 35.5 Å². The molecule has 0 amide bonds. The predicted octanol–water partition coefficient (Wildman–Crippen LogP) is 3.16. The highest BCUT2D eigenvalue weighted by atomic mass is 32.2. The molecule has 0 aromatic heterocycles. The Morgan fingerprint density at radius 3 is 2.81 bits per heavy atom. The van der Waals surface area contributed by atoms with E-state index < -0.39 is 11.5 Å². The molecule has 0 saturated heterocycles. The Kier molecular flexibility index (Phi) is 5.53. The third-order valence-electron chi connectivity index (χ3n) is 3.72. The molecule has 1 aliphatic rings. The summed E-state index contributed by atoms with van der Waals surface area (Å²) in [4.78, 5) is 12.6. The molecule has 2 N–H and O–H groups in total. The summed E-state index contributed by atoms with van der Waals surface area (Å²) < 4.78 is 5.32. The predicted molar refractivity (Wildman–Crippen MR) is 85.2 cm³/mol. The van der Waals surface area contributed by atoms with Gasteiger partial charge in [-0.25, -0.2) is 0 Å². The summed E-state index contributed by atoms with van der Waals surface area (Å²) in [5, 5.41) is 12.7. The van der Waals surface area contributed by atoms with Crippen LogP contribution < -0.4 is 10.1 Å². The lowest BCUT2D eigenvalue weighted by atomic mass is 9.96. The number of carboxylic acid groups (broad SMARTS) is 1. The molecule has 4 nitrogen and oxygen atoms in total. The quantitative estimate of drug-likeness (QED) is 0.542. The SMILES string of the molecule is COc1ccccc1SCCCC(C)(NC1CC1)C(=O)O. The number of hydrogen-bond donors (Lipinski definition) is 2. The first-order valence-corrected chi connectivity index (χ1v) is 8.30. The van der Waals surface area contributed by atoms with Crippen LogP contribution in [-0.2, 0) is 4.79 Å². The lowest BCUT2D eigenvalue weighted by Gasteiger charge is -2.26. The molecule has 1 unspecified atom stereocenters. The first-order valence-electron chi connectivity index (χ1n) is 7.32. The Morgan fingerprint density at radius 2 is 2.19 bits per heavy atom. The summed E-state index contributed by atoms with van der Waals surface area (Å²) in [6.45, 7) is 1.79. The third-order valence-corrected chi connectivity index (χ3v) is 4.86. The highest BCUT2D eigenvalue weighted by molar-refractivity contribution is 7.99. The lowest BCUT2D eigenvalue weighted by Crippen LogP contribution is -2.50. The van der Waals surface area contributed by atoms with Crippen LogP contribution in [0.2, 0.25) is 0 Å². The first kappa shape index (κ1) is 16.2. The Balaban J connectivity index is 1.81. The average molecular weight is 309 g/mol. The maximum atomic E-state index is 11.5. The van der Waals surface area contributed by atoms with Crippen molar-refractivity contribution in [1.29, 1.82) is 0 Å². The first-order chi connectivity index (χ1) is 10.0. The van der Waals surface area contributed by atoms with E-state index in [2.05, 4.69) is 5.32 Å². The smallest absolute Gasteiger partial charge is 0.323 e. The van der Waals surface area contributed by atoms with Gasteiger partial charge in [-0.15, -0.1) is 11.8 Å². The molecule has 1 saturated carbocycles. The van der Waals surface area contributed by atoms with Gasteiger partial charge < -0.3 is 9.84 Å². The van der Waals surface area contributed by atoms with Gasteiger partial charge in [0, 0.05) is 10.9 Å². The molecule has 1 aromatic carbocycles. The van der Waals surface area contributed by atoms with Gasteiger partial charge in [0.2, 0.25) is 0 Å². The second-order valence-electron chi connectivity index (χ2n) is 5.66. The van der Waals surface area contributed by atoms with Crippen molar-refractivity contribution in [2.24, 2.45) is 0 Å². The van der Waals surface area contributed by atoms with Crippen molar-refractivity contribution in [2.45, 2.75) is 49.1 Å². The summed E-state index contributed by atoms with van der Waals surface area (Å²) in [7, 11) is 1.67. The molecular weight excluding hydrogens is 286 g/mol. The summed E-state index contributed by atoms with van der Waals surface area (Å²) in [6, 6.07) is 8.30. The maximum absolute atomic E-state index is 11.5. The highest BCUT2D eigenvalue weighted by Crippen LogP contribution is 2.30. The molecular formula is C16H23NO3S. The highest BCUT2D eigenvalue weighted by Gasteiger charge is 2.37. The number of thioether (sulfide) groups is 1. The summed E-state index contributed by atoms with van der Waals surface area (Å²) in [6.07, 6.45) is 3.68. The number of nitrogens with one attached hydrogen (secondary N) is 1. The molecule has 0 radical (unpaired) electrons. The van der Waals surface area contributed by atoms with Crippen LogP contribution in [0.5, 0.6) is 5.75 Å². The van der Waals surface area contributed by atoms with Gasteiger partial charge in [-0.05, 0) is 50.5 Å². The van der Waals surface area contributed by atoms with Gasteiger partial charge in [0.1, 0.15) is 11.3 Å². The van der Waals surface area contributed by atoms with Gasteiger partial charge in [0.05, 0.1) is 7.11 Å². The molecule has 21 heavy (non-hydrogen) atoms. The van der Waals surface area contributed by atoms with E-state index in [1.54, 1.807) is 25.8 Å². The number of ether oxygens (including phenoxy) is 1. The van der Waals surface area contributed by atoms with Gasteiger partial charge in [0.15, 0.2) is 0 Å². The largest absolute Gasteiger partial charge is 0.496 e. The van der Waals surface area contributed by atoms with E-state index in [4.69, 9.17) is 4.74 Å². The van der Waals surface area contributed by atoms with E-state index in [9.17, 15) is 9.90 Å². The second kappa shape index (κ2) is 7.18. The van der Waals surface area contributed by atoms with Gasteiger partial charge >= 0.3 is 5.97 Å². The summed E-state index contributed by atoms with van der Waals surface area (Å²) >= 11 is 1.71. The fourth-order valence-corrected chi connectivity index (χ4v) is 3.24. The van der Waals surface area contributed by atoms with E-state index in [1.807, 2.05) is 24.3 Å². The zero-order valence-electron chi connectivity index (χ0n) is 12.6. The van der Waals surface area contributed by atoms with E-state index in [0.717, 1.165) is 35.7 Å². The van der Waals surface area contributed by atoms with Crippen LogP contribution in [0.3, 0.4) is 0 Å². The van der Waals surface area contributed by atoms with Gasteiger partial charge in [-0.2, -0.15) is 0 Å². The molecule has 2 rings (SSSR count). The van der Waals surface area contributed by atoms with Crippen molar-refractivity contribution in [3.05, 3.63) is 24.3 Å². The van der Waals surface area contributed by atoms with E-state index in [0.29, 0.717) is 12.5 Å². The van der Waals surface area contributed by atoms with Crippen molar-refractivity contribution in [2.75, 3.05) is 12.9 Å². The van der Waals surface area contributed by atoms with Gasteiger partial charge in [0.25, 0.3) is 0 Å². The summed E-state index contributed by atoms with van der Waals surface area (Å²) in [5.74, 6) is 1.01. The van der Waals surface area contributed by atoms with E-state index in [1.165, 1.54) is 0 Å². The Labute approximate surface area is 130 Å². The average Bonchev–Trinajstić information content (AvgIpc) is 3.27. The standard InChI is InChI=1S/C16H23NO3S/c1-16(15(18)19,17-12-8-9-12)10-5-11-21-14-7-4-3-6-13(14)20-2/h3-4,6-7,12,17H,5,8-11H2,1-2H3,(H,18,19). The number of carbonyl (C=O) groups is 1. The van der Waals surface area contributed by atoms with E-state index in [-0.39, 0.29) is 0 Å². The monoisotopic (exact) mass is 309 g/mol. The minimum Gasteiger partial charge on any atom is -0.496 e. The molecule has 0 aliphatic heterocycles. The zero-order valence-corrected chi connectivity index (χ0v) is 13.4. The molecule has 1 fully saturated rings. The number of carboxylic acids is 1. The van der Waals surface area contributed by atoms with Crippen LogP contribution in [0.4, 0.5) is 0 Å². The Bertz CT molecular complexity index is 490. The molecule has 1 atom stereocenters. The molecule has 116 valence electrons.